The van der Waals surface area contributed by atoms with E-state index in [2.05, 4.69) is 4.98 Å². The van der Waals surface area contributed by atoms with Gasteiger partial charge in [0.2, 0.25) is 0 Å². The predicted molar refractivity (Wildman–Crippen MR) is 74.7 cm³/mol. The van der Waals surface area contributed by atoms with Gasteiger partial charge in [-0.05, 0) is 19.1 Å². The molecule has 1 aliphatic heterocycles. The van der Waals surface area contributed by atoms with Crippen LogP contribution in [0.5, 0.6) is 0 Å². The molecule has 1 N–H and O–H groups in total. The highest BCUT2D eigenvalue weighted by Gasteiger charge is 2.34. The van der Waals surface area contributed by atoms with Crippen LogP contribution in [0.25, 0.3) is 0 Å². The summed E-state index contributed by atoms with van der Waals surface area (Å²) in [6.07, 6.45) is 1.67. The van der Waals surface area contributed by atoms with Crippen molar-refractivity contribution in [3.05, 3.63) is 30.1 Å². The summed E-state index contributed by atoms with van der Waals surface area (Å²) < 4.78 is 5.15. The minimum Gasteiger partial charge on any atom is -0.480 e. The second-order valence-electron chi connectivity index (χ2n) is 4.74. The van der Waals surface area contributed by atoms with Gasteiger partial charge in [-0.1, -0.05) is 6.07 Å². The molecule has 0 bridgehead atoms. The Balaban J connectivity index is 2.09. The molecule has 0 aromatic carbocycles. The van der Waals surface area contributed by atoms with E-state index in [0.29, 0.717) is 19.7 Å². The fraction of sp³-hybridized carbons (Fsp3) is 0.500. The Bertz CT molecular complexity index is 494. The zero-order valence-corrected chi connectivity index (χ0v) is 11.9. The predicted octanol–water partition coefficient (Wildman–Crippen LogP) is 0.809. The number of urea groups is 1. The SMILES string of the molecule is CCN(Cc1ccccn1)C(=O)N1CCOCC1C(=O)O. The first kappa shape index (κ1) is 15.2. The minimum absolute atomic E-state index is 0.0300. The molecule has 21 heavy (non-hydrogen) atoms. The third-order valence-electron chi connectivity index (χ3n) is 3.39. The Morgan fingerprint density at radius 1 is 1.52 bits per heavy atom. The lowest BCUT2D eigenvalue weighted by molar-refractivity contribution is -0.147. The third-order valence-corrected chi connectivity index (χ3v) is 3.39. The van der Waals surface area contributed by atoms with Gasteiger partial charge < -0.3 is 19.6 Å². The van der Waals surface area contributed by atoms with E-state index in [9.17, 15) is 14.7 Å². The minimum atomic E-state index is -1.04. The summed E-state index contributed by atoms with van der Waals surface area (Å²) in [5, 5.41) is 9.20. The molecule has 114 valence electrons. The molecule has 1 unspecified atom stereocenters. The number of hydrogen-bond acceptors (Lipinski definition) is 4. The van der Waals surface area contributed by atoms with Gasteiger partial charge in [0.15, 0.2) is 6.04 Å². The highest BCUT2D eigenvalue weighted by Crippen LogP contribution is 2.12. The zero-order valence-electron chi connectivity index (χ0n) is 11.9. The lowest BCUT2D eigenvalue weighted by atomic mass is 10.2. The molecule has 1 saturated heterocycles. The van der Waals surface area contributed by atoms with E-state index in [0.717, 1.165) is 5.69 Å². The van der Waals surface area contributed by atoms with Crippen molar-refractivity contribution >= 4 is 12.0 Å². The molecule has 0 radical (unpaired) electrons. The van der Waals surface area contributed by atoms with Crippen molar-refractivity contribution in [2.45, 2.75) is 19.5 Å². The lowest BCUT2D eigenvalue weighted by Crippen LogP contribution is -2.56. The maximum Gasteiger partial charge on any atom is 0.328 e. The molecule has 7 nitrogen and oxygen atoms in total. The smallest absolute Gasteiger partial charge is 0.328 e. The van der Waals surface area contributed by atoms with Gasteiger partial charge in [-0.15, -0.1) is 0 Å². The maximum absolute atomic E-state index is 12.6. The van der Waals surface area contributed by atoms with Gasteiger partial charge in [0.05, 0.1) is 25.5 Å². The Labute approximate surface area is 123 Å². The summed E-state index contributed by atoms with van der Waals surface area (Å²) >= 11 is 0. The van der Waals surface area contributed by atoms with E-state index in [1.807, 2.05) is 25.1 Å². The average Bonchev–Trinajstić information content (AvgIpc) is 2.53. The van der Waals surface area contributed by atoms with Crippen molar-refractivity contribution in [3.63, 3.8) is 0 Å². The van der Waals surface area contributed by atoms with Gasteiger partial charge >= 0.3 is 12.0 Å². The Hall–Kier alpha value is -2.15. The third kappa shape index (κ3) is 3.69. The number of ether oxygens (including phenoxy) is 1. The van der Waals surface area contributed by atoms with E-state index < -0.39 is 12.0 Å². The second-order valence-corrected chi connectivity index (χ2v) is 4.74. The van der Waals surface area contributed by atoms with Gasteiger partial charge in [0, 0.05) is 19.3 Å². The quantitative estimate of drug-likeness (QED) is 0.888. The monoisotopic (exact) mass is 293 g/mol. The molecular formula is C14H19N3O4. The number of aliphatic carboxylic acids is 1. The molecule has 1 aliphatic rings. The van der Waals surface area contributed by atoms with Crippen molar-refractivity contribution in [3.8, 4) is 0 Å². The fourth-order valence-corrected chi connectivity index (χ4v) is 2.22. The van der Waals surface area contributed by atoms with Crippen molar-refractivity contribution in [2.24, 2.45) is 0 Å². The Morgan fingerprint density at radius 3 is 2.95 bits per heavy atom. The number of pyridine rings is 1. The van der Waals surface area contributed by atoms with Crippen molar-refractivity contribution < 1.29 is 19.4 Å². The number of amides is 2. The molecule has 2 amide bonds. The van der Waals surface area contributed by atoms with Crippen LogP contribution in [0.1, 0.15) is 12.6 Å². The summed E-state index contributed by atoms with van der Waals surface area (Å²) in [7, 11) is 0. The summed E-state index contributed by atoms with van der Waals surface area (Å²) in [4.78, 5) is 30.9. The van der Waals surface area contributed by atoms with E-state index in [1.54, 1.807) is 11.1 Å². The van der Waals surface area contributed by atoms with Crippen LogP contribution >= 0.6 is 0 Å². The summed E-state index contributed by atoms with van der Waals surface area (Å²) in [5.74, 6) is -1.04. The van der Waals surface area contributed by atoms with Crippen molar-refractivity contribution in [1.82, 2.24) is 14.8 Å². The largest absolute Gasteiger partial charge is 0.480 e. The van der Waals surface area contributed by atoms with Crippen molar-refractivity contribution in [1.29, 1.82) is 0 Å². The number of aromatic nitrogens is 1. The van der Waals surface area contributed by atoms with E-state index >= 15 is 0 Å². The molecule has 1 aromatic heterocycles. The molecule has 0 aliphatic carbocycles. The highest BCUT2D eigenvalue weighted by atomic mass is 16.5. The van der Waals surface area contributed by atoms with Crippen LogP contribution < -0.4 is 0 Å². The average molecular weight is 293 g/mol. The van der Waals surface area contributed by atoms with E-state index in [1.165, 1.54) is 4.90 Å². The first-order chi connectivity index (χ1) is 10.1. The molecule has 1 fully saturated rings. The second kappa shape index (κ2) is 7.03. The van der Waals surface area contributed by atoms with Crippen LogP contribution in [-0.4, -0.2) is 64.2 Å². The normalized spacial score (nSPS) is 18.3. The fourth-order valence-electron chi connectivity index (χ4n) is 2.22. The Kier molecular flexibility index (Phi) is 5.10. The molecule has 2 heterocycles. The van der Waals surface area contributed by atoms with E-state index in [4.69, 9.17) is 4.74 Å². The molecule has 1 aromatic rings. The number of carbonyl (C=O) groups is 2. The van der Waals surface area contributed by atoms with E-state index in [-0.39, 0.29) is 19.2 Å². The van der Waals surface area contributed by atoms with Gasteiger partial charge in [-0.2, -0.15) is 0 Å². The maximum atomic E-state index is 12.6. The molecule has 7 heteroatoms. The van der Waals surface area contributed by atoms with Crippen LogP contribution in [0, 0.1) is 0 Å². The van der Waals surface area contributed by atoms with Crippen LogP contribution in [0.4, 0.5) is 4.79 Å². The summed E-state index contributed by atoms with van der Waals surface area (Å²) in [5.41, 5.74) is 0.771. The summed E-state index contributed by atoms with van der Waals surface area (Å²) in [6, 6.07) is 4.28. The number of carboxylic acid groups (broad SMARTS) is 1. The number of hydrogen-bond donors (Lipinski definition) is 1. The van der Waals surface area contributed by atoms with Crippen LogP contribution in [-0.2, 0) is 16.1 Å². The lowest BCUT2D eigenvalue weighted by Gasteiger charge is -2.36. The summed E-state index contributed by atoms with van der Waals surface area (Å²) in [6.45, 7) is 3.38. The number of carboxylic acids is 1. The van der Waals surface area contributed by atoms with Gasteiger partial charge in [-0.25, -0.2) is 9.59 Å². The van der Waals surface area contributed by atoms with Gasteiger partial charge in [0.1, 0.15) is 0 Å². The van der Waals surface area contributed by atoms with Crippen LogP contribution in [0.15, 0.2) is 24.4 Å². The Morgan fingerprint density at radius 2 is 2.33 bits per heavy atom. The highest BCUT2D eigenvalue weighted by molar-refractivity contribution is 5.83. The van der Waals surface area contributed by atoms with Crippen molar-refractivity contribution in [2.75, 3.05) is 26.3 Å². The van der Waals surface area contributed by atoms with Crippen LogP contribution in [0.3, 0.4) is 0 Å². The number of carbonyl (C=O) groups excluding carboxylic acids is 1. The zero-order chi connectivity index (χ0) is 15.2. The van der Waals surface area contributed by atoms with Crippen LogP contribution in [0.2, 0.25) is 0 Å². The first-order valence-corrected chi connectivity index (χ1v) is 6.89. The molecule has 0 saturated carbocycles. The molecule has 0 spiro atoms. The molecule has 1 atom stereocenters. The molecular weight excluding hydrogens is 274 g/mol. The number of nitrogens with zero attached hydrogens (tertiary/aromatic N) is 3. The standard InChI is InChI=1S/C14H19N3O4/c1-2-16(9-11-5-3-4-6-15-11)14(20)17-7-8-21-10-12(17)13(18)19/h3-6,12H,2,7-10H2,1H3,(H,18,19). The topological polar surface area (TPSA) is 83.0 Å². The first-order valence-electron chi connectivity index (χ1n) is 6.89. The van der Waals surface area contributed by atoms with Gasteiger partial charge in [0.25, 0.3) is 0 Å². The number of morpholine rings is 1. The number of rotatable bonds is 4. The van der Waals surface area contributed by atoms with Gasteiger partial charge in [-0.3, -0.25) is 4.98 Å². The molecule has 2 rings (SSSR count).